The van der Waals surface area contributed by atoms with Gasteiger partial charge in [0, 0.05) is 11.6 Å². The van der Waals surface area contributed by atoms with Gasteiger partial charge in [-0.05, 0) is 48.5 Å². The van der Waals surface area contributed by atoms with E-state index in [2.05, 4.69) is 0 Å². The van der Waals surface area contributed by atoms with Gasteiger partial charge in [-0.3, -0.25) is 4.79 Å². The summed E-state index contributed by atoms with van der Waals surface area (Å²) in [7, 11) is -2.82. The third-order valence-corrected chi connectivity index (χ3v) is 10.0. The van der Waals surface area contributed by atoms with Crippen LogP contribution in [-0.4, -0.2) is 5.91 Å². The van der Waals surface area contributed by atoms with Gasteiger partial charge in [0.05, 0.1) is 0 Å². The number of carbonyl (C=O) groups excluding carboxylic acids is 1. The van der Waals surface area contributed by atoms with Crippen molar-refractivity contribution in [2.45, 2.75) is 5.66 Å². The van der Waals surface area contributed by atoms with Gasteiger partial charge < -0.3 is 5.73 Å². The molecule has 1 atom stereocenters. The van der Waals surface area contributed by atoms with Gasteiger partial charge in [0.15, 0.2) is 5.66 Å². The Balaban J connectivity index is 2.16. The van der Waals surface area contributed by atoms with Crippen LogP contribution < -0.4 is 21.6 Å². The minimum atomic E-state index is -2.82. The summed E-state index contributed by atoms with van der Waals surface area (Å²) >= 11 is 0. The van der Waals surface area contributed by atoms with E-state index < -0.39 is 30.5 Å². The van der Waals surface area contributed by atoms with Crippen LogP contribution in [0.5, 0.6) is 0 Å². The summed E-state index contributed by atoms with van der Waals surface area (Å²) in [6.45, 7) is 0. The molecule has 4 aromatic rings. The van der Waals surface area contributed by atoms with E-state index in [-0.39, 0.29) is 5.56 Å². The van der Waals surface area contributed by atoms with Crippen LogP contribution in [0, 0.1) is 11.6 Å². The first-order chi connectivity index (χ1) is 15.0. The van der Waals surface area contributed by atoms with Crippen LogP contribution in [0.4, 0.5) is 8.78 Å². The Morgan fingerprint density at radius 1 is 0.677 bits per heavy atom. The van der Waals surface area contributed by atoms with Gasteiger partial charge >= 0.3 is 0 Å². The van der Waals surface area contributed by atoms with Crippen molar-refractivity contribution in [3.05, 3.63) is 126 Å². The van der Waals surface area contributed by atoms with E-state index in [1.165, 1.54) is 12.1 Å². The van der Waals surface area contributed by atoms with Gasteiger partial charge in [0.2, 0.25) is 0 Å². The molecule has 0 heterocycles. The number of hydrogen-bond donors (Lipinski definition) is 1. The van der Waals surface area contributed by atoms with Gasteiger partial charge in [0.25, 0.3) is 5.91 Å². The standard InChI is InChI=1S/C26H20F2NOP/c27-19-16-17-23(24(28)18-19)25(26(29)30)31(20-10-4-1-5-11-20,21-12-6-2-7-13-21)22-14-8-3-9-15-22/h1-18,25H,(H-,29,30)/p+1. The second-order valence-electron chi connectivity index (χ2n) is 7.20. The molecular formula is C26H21F2NOP+. The molecule has 154 valence electrons. The first-order valence-corrected chi connectivity index (χ1v) is 11.7. The predicted octanol–water partition coefficient (Wildman–Crippen LogP) is 4.49. The lowest BCUT2D eigenvalue weighted by Crippen LogP contribution is -2.40. The number of rotatable bonds is 6. The van der Waals surface area contributed by atoms with Crippen LogP contribution in [0.1, 0.15) is 11.2 Å². The highest BCUT2D eigenvalue weighted by Gasteiger charge is 2.56. The highest BCUT2D eigenvalue weighted by molar-refractivity contribution is 7.96. The molecule has 2 nitrogen and oxygen atoms in total. The van der Waals surface area contributed by atoms with E-state index in [0.717, 1.165) is 22.0 Å². The quantitative estimate of drug-likeness (QED) is 0.449. The minimum absolute atomic E-state index is 0.0961. The molecule has 0 bridgehead atoms. The lowest BCUT2D eigenvalue weighted by molar-refractivity contribution is -0.117. The maximum absolute atomic E-state index is 15.1. The second kappa shape index (κ2) is 8.79. The number of hydrogen-bond acceptors (Lipinski definition) is 1. The maximum atomic E-state index is 15.1. The fourth-order valence-corrected chi connectivity index (χ4v) is 8.88. The lowest BCUT2D eigenvalue weighted by Gasteiger charge is -2.33. The Labute approximate surface area is 180 Å². The SMILES string of the molecule is NC(=O)C(c1ccc(F)cc1F)[P+](c1ccccc1)(c1ccccc1)c1ccccc1. The summed E-state index contributed by atoms with van der Waals surface area (Å²) < 4.78 is 28.8. The summed E-state index contributed by atoms with van der Waals surface area (Å²) in [4.78, 5) is 13.1. The van der Waals surface area contributed by atoms with E-state index >= 15 is 4.39 Å². The Hall–Kier alpha value is -3.36. The van der Waals surface area contributed by atoms with Crippen molar-refractivity contribution in [2.75, 3.05) is 0 Å². The van der Waals surface area contributed by atoms with Gasteiger partial charge in [-0.1, -0.05) is 54.6 Å². The topological polar surface area (TPSA) is 43.1 Å². The van der Waals surface area contributed by atoms with E-state index in [1.54, 1.807) is 0 Å². The van der Waals surface area contributed by atoms with Crippen molar-refractivity contribution in [1.82, 2.24) is 0 Å². The van der Waals surface area contributed by atoms with Gasteiger partial charge in [-0.2, -0.15) is 0 Å². The van der Waals surface area contributed by atoms with Gasteiger partial charge in [-0.25, -0.2) is 8.78 Å². The summed E-state index contributed by atoms with van der Waals surface area (Å²) in [6, 6.07) is 32.1. The largest absolute Gasteiger partial charge is 0.366 e. The first kappa shape index (κ1) is 20.9. The number of carbonyl (C=O) groups is 1. The molecule has 0 radical (unpaired) electrons. The highest BCUT2D eigenvalue weighted by Crippen LogP contribution is 2.66. The fraction of sp³-hybridized carbons (Fsp3) is 0.0385. The minimum Gasteiger partial charge on any atom is -0.366 e. The monoisotopic (exact) mass is 432 g/mol. The van der Waals surface area contributed by atoms with E-state index in [9.17, 15) is 9.18 Å². The zero-order valence-electron chi connectivity index (χ0n) is 16.7. The van der Waals surface area contributed by atoms with Crippen LogP contribution >= 0.6 is 7.26 Å². The van der Waals surface area contributed by atoms with Crippen LogP contribution in [0.2, 0.25) is 0 Å². The Kier molecular flexibility index (Phi) is 5.92. The van der Waals surface area contributed by atoms with Crippen LogP contribution in [-0.2, 0) is 4.79 Å². The fourth-order valence-electron chi connectivity index (χ4n) is 4.16. The van der Waals surface area contributed by atoms with Crippen molar-refractivity contribution >= 4 is 29.1 Å². The molecule has 31 heavy (non-hydrogen) atoms. The Morgan fingerprint density at radius 3 is 1.45 bits per heavy atom. The molecule has 0 aliphatic carbocycles. The smallest absolute Gasteiger partial charge is 0.264 e. The zero-order valence-corrected chi connectivity index (χ0v) is 17.6. The van der Waals surface area contributed by atoms with Gasteiger partial charge in [-0.15, -0.1) is 0 Å². The van der Waals surface area contributed by atoms with Gasteiger partial charge in [0.1, 0.15) is 34.8 Å². The molecular weight excluding hydrogens is 411 g/mol. The Morgan fingerprint density at radius 2 is 1.10 bits per heavy atom. The van der Waals surface area contributed by atoms with Crippen molar-refractivity contribution in [3.8, 4) is 0 Å². The Bertz CT molecular complexity index is 1090. The summed E-state index contributed by atoms with van der Waals surface area (Å²) in [5.74, 6) is -2.14. The normalized spacial score (nSPS) is 12.3. The summed E-state index contributed by atoms with van der Waals surface area (Å²) in [5, 5.41) is 2.67. The molecule has 0 aliphatic heterocycles. The predicted molar refractivity (Wildman–Crippen MR) is 123 cm³/mol. The second-order valence-corrected chi connectivity index (χ2v) is 10.7. The average molecular weight is 432 g/mol. The van der Waals surface area contributed by atoms with E-state index in [1.807, 2.05) is 91.0 Å². The number of primary amides is 1. The molecule has 1 unspecified atom stereocenters. The number of nitrogens with two attached hydrogens (primary N) is 1. The third kappa shape index (κ3) is 3.75. The van der Waals surface area contributed by atoms with Crippen molar-refractivity contribution in [3.63, 3.8) is 0 Å². The zero-order chi connectivity index (χ0) is 21.8. The van der Waals surface area contributed by atoms with Crippen molar-refractivity contribution in [2.24, 2.45) is 5.73 Å². The molecule has 0 spiro atoms. The average Bonchev–Trinajstić information content (AvgIpc) is 2.80. The third-order valence-electron chi connectivity index (χ3n) is 5.40. The number of halogens is 2. The molecule has 0 fully saturated rings. The van der Waals surface area contributed by atoms with Crippen molar-refractivity contribution < 1.29 is 13.6 Å². The highest BCUT2D eigenvalue weighted by atomic mass is 31.2. The van der Waals surface area contributed by atoms with Crippen LogP contribution in [0.3, 0.4) is 0 Å². The van der Waals surface area contributed by atoms with E-state index in [4.69, 9.17) is 5.73 Å². The maximum Gasteiger partial charge on any atom is 0.264 e. The molecule has 5 heteroatoms. The van der Waals surface area contributed by atoms with Crippen LogP contribution in [0.25, 0.3) is 0 Å². The molecule has 1 amide bonds. The molecule has 0 saturated heterocycles. The molecule has 0 saturated carbocycles. The number of benzene rings is 4. The molecule has 4 rings (SSSR count). The summed E-state index contributed by atoms with van der Waals surface area (Å²) in [6.07, 6.45) is 0. The van der Waals surface area contributed by atoms with E-state index in [0.29, 0.717) is 0 Å². The molecule has 0 aromatic heterocycles. The van der Waals surface area contributed by atoms with Crippen molar-refractivity contribution in [1.29, 1.82) is 0 Å². The summed E-state index contributed by atoms with van der Waals surface area (Å²) in [5.41, 5.74) is 5.08. The lowest BCUT2D eigenvalue weighted by atomic mass is 10.1. The molecule has 4 aromatic carbocycles. The van der Waals surface area contributed by atoms with Crippen LogP contribution in [0.15, 0.2) is 109 Å². The molecule has 2 N–H and O–H groups in total. The first-order valence-electron chi connectivity index (χ1n) is 9.85. The number of amides is 1. The molecule has 0 aliphatic rings.